The highest BCUT2D eigenvalue weighted by Gasteiger charge is 2.17. The van der Waals surface area contributed by atoms with Gasteiger partial charge in [0.15, 0.2) is 0 Å². The van der Waals surface area contributed by atoms with Crippen molar-refractivity contribution in [3.8, 4) is 11.8 Å². The molecule has 26 heavy (non-hydrogen) atoms. The number of allylic oxidation sites excluding steroid dienone is 1. The predicted octanol–water partition coefficient (Wildman–Crippen LogP) is 5.28. The van der Waals surface area contributed by atoms with Gasteiger partial charge in [0.05, 0.1) is 11.4 Å². The minimum Gasteiger partial charge on any atom is -0.288 e. The Morgan fingerprint density at radius 1 is 1.15 bits per heavy atom. The lowest BCUT2D eigenvalue weighted by Gasteiger charge is -2.03. The number of rotatable bonds is 4. The lowest BCUT2D eigenvalue weighted by atomic mass is 10.0. The van der Waals surface area contributed by atoms with E-state index in [1.165, 1.54) is 10.8 Å². The Balaban J connectivity index is 2.05. The molecule has 128 valence electrons. The molecule has 0 unspecified atom stereocenters. The minimum atomic E-state index is -0.362. The summed E-state index contributed by atoms with van der Waals surface area (Å²) in [4.78, 5) is 12.5. The van der Waals surface area contributed by atoms with Gasteiger partial charge in [0.2, 0.25) is 5.78 Å². The third kappa shape index (κ3) is 3.55. The molecule has 0 saturated heterocycles. The third-order valence-corrected chi connectivity index (χ3v) is 4.39. The molecule has 0 spiro atoms. The monoisotopic (exact) mass is 381 g/mol. The molecule has 1 aromatic heterocycles. The number of aromatic nitrogens is 2. The lowest BCUT2D eigenvalue weighted by Crippen LogP contribution is -2.01. The van der Waals surface area contributed by atoms with Gasteiger partial charge < -0.3 is 0 Å². The van der Waals surface area contributed by atoms with Gasteiger partial charge in [0, 0.05) is 16.1 Å². The van der Waals surface area contributed by atoms with Crippen molar-refractivity contribution in [2.24, 2.45) is 0 Å². The van der Waals surface area contributed by atoms with Gasteiger partial charge in [-0.3, -0.25) is 4.79 Å². The average molecular weight is 382 g/mol. The molecule has 0 aliphatic carbocycles. The summed E-state index contributed by atoms with van der Waals surface area (Å²) in [7, 11) is 0. The van der Waals surface area contributed by atoms with Crippen LogP contribution < -0.4 is 0 Å². The normalized spacial score (nSPS) is 11.2. The molecule has 0 N–H and O–H groups in total. The molecule has 0 atom stereocenters. The molecule has 1 heterocycles. The van der Waals surface area contributed by atoms with Crippen molar-refractivity contribution in [2.45, 2.75) is 6.92 Å². The molecular weight excluding hydrogens is 369 g/mol. The molecule has 0 aliphatic heterocycles. The molecule has 0 saturated carbocycles. The molecular formula is C20H13Cl2N3O. The summed E-state index contributed by atoms with van der Waals surface area (Å²) in [5, 5.41) is 14.7. The molecule has 6 heteroatoms. The second-order valence-electron chi connectivity index (χ2n) is 5.55. The first kappa shape index (κ1) is 17.9. The average Bonchev–Trinajstić information content (AvgIpc) is 2.94. The standard InChI is InChI=1S/C20H13Cl2N3O/c1-13-18(10-15(12-23)19(26)14-6-3-2-4-7-14)20(22)25(24-13)17-9-5-8-16(21)11-17/h2-11H,1H3. The van der Waals surface area contributed by atoms with Crippen LogP contribution in [0.25, 0.3) is 11.8 Å². The zero-order chi connectivity index (χ0) is 18.7. The molecule has 0 aliphatic rings. The van der Waals surface area contributed by atoms with Gasteiger partial charge >= 0.3 is 0 Å². The summed E-state index contributed by atoms with van der Waals surface area (Å²) in [5.41, 5.74) is 2.25. The number of nitriles is 1. The Morgan fingerprint density at radius 2 is 1.88 bits per heavy atom. The van der Waals surface area contributed by atoms with E-state index in [4.69, 9.17) is 23.2 Å². The molecule has 0 amide bonds. The highest BCUT2D eigenvalue weighted by atomic mass is 35.5. The van der Waals surface area contributed by atoms with E-state index in [1.54, 1.807) is 49.4 Å². The number of Topliss-reactive ketones (excluding diaryl/α,β-unsaturated/α-hetero) is 1. The van der Waals surface area contributed by atoms with Crippen molar-refractivity contribution in [3.05, 3.63) is 87.2 Å². The van der Waals surface area contributed by atoms with E-state index in [1.807, 2.05) is 18.2 Å². The van der Waals surface area contributed by atoms with Gasteiger partial charge in [-0.15, -0.1) is 0 Å². The first-order valence-corrected chi connectivity index (χ1v) is 8.49. The van der Waals surface area contributed by atoms with Crippen LogP contribution in [0.2, 0.25) is 10.2 Å². The van der Waals surface area contributed by atoms with Crippen LogP contribution in [-0.2, 0) is 0 Å². The van der Waals surface area contributed by atoms with Crippen molar-refractivity contribution >= 4 is 35.1 Å². The van der Waals surface area contributed by atoms with Gasteiger partial charge in [-0.25, -0.2) is 4.68 Å². The zero-order valence-electron chi connectivity index (χ0n) is 13.8. The first-order chi connectivity index (χ1) is 12.5. The van der Waals surface area contributed by atoms with Gasteiger partial charge in [-0.1, -0.05) is 59.6 Å². The Morgan fingerprint density at radius 3 is 2.54 bits per heavy atom. The first-order valence-electron chi connectivity index (χ1n) is 7.74. The van der Waals surface area contributed by atoms with Gasteiger partial charge in [-0.2, -0.15) is 10.4 Å². The second kappa shape index (κ2) is 7.57. The van der Waals surface area contributed by atoms with Crippen LogP contribution in [0.15, 0.2) is 60.2 Å². The number of benzene rings is 2. The number of halogens is 2. The third-order valence-electron chi connectivity index (χ3n) is 3.79. The summed E-state index contributed by atoms with van der Waals surface area (Å²) < 4.78 is 1.52. The molecule has 2 aromatic carbocycles. The minimum absolute atomic E-state index is 0.00755. The lowest BCUT2D eigenvalue weighted by molar-refractivity contribution is 0.104. The Labute approximate surface area is 160 Å². The van der Waals surface area contributed by atoms with Crippen molar-refractivity contribution in [1.82, 2.24) is 9.78 Å². The van der Waals surface area contributed by atoms with Crippen molar-refractivity contribution in [2.75, 3.05) is 0 Å². The van der Waals surface area contributed by atoms with Crippen LogP contribution in [0.4, 0.5) is 0 Å². The molecule has 0 radical (unpaired) electrons. The van der Waals surface area contributed by atoms with E-state index in [0.29, 0.717) is 32.7 Å². The van der Waals surface area contributed by atoms with E-state index in [0.717, 1.165) is 0 Å². The van der Waals surface area contributed by atoms with Crippen LogP contribution in [0, 0.1) is 18.3 Å². The summed E-state index contributed by atoms with van der Waals surface area (Å²) >= 11 is 12.5. The maximum Gasteiger partial charge on any atom is 0.203 e. The molecule has 3 rings (SSSR count). The Kier molecular flexibility index (Phi) is 5.22. The van der Waals surface area contributed by atoms with Crippen LogP contribution in [0.5, 0.6) is 0 Å². The topological polar surface area (TPSA) is 58.7 Å². The van der Waals surface area contributed by atoms with Crippen LogP contribution in [-0.4, -0.2) is 15.6 Å². The molecule has 3 aromatic rings. The summed E-state index contributed by atoms with van der Waals surface area (Å²) in [6, 6.07) is 17.7. The Hall–Kier alpha value is -2.87. The fourth-order valence-electron chi connectivity index (χ4n) is 2.49. The van der Waals surface area contributed by atoms with E-state index >= 15 is 0 Å². The largest absolute Gasteiger partial charge is 0.288 e. The van der Waals surface area contributed by atoms with Crippen molar-refractivity contribution in [3.63, 3.8) is 0 Å². The second-order valence-corrected chi connectivity index (χ2v) is 6.34. The summed E-state index contributed by atoms with van der Waals surface area (Å²) in [6.07, 6.45) is 1.47. The van der Waals surface area contributed by atoms with Gasteiger partial charge in [0.1, 0.15) is 16.8 Å². The van der Waals surface area contributed by atoms with E-state index < -0.39 is 0 Å². The smallest absolute Gasteiger partial charge is 0.203 e. The molecule has 0 bridgehead atoms. The zero-order valence-corrected chi connectivity index (χ0v) is 15.3. The maximum atomic E-state index is 12.5. The van der Waals surface area contributed by atoms with E-state index in [-0.39, 0.29) is 11.4 Å². The fraction of sp³-hybridized carbons (Fsp3) is 0.0500. The quantitative estimate of drug-likeness (QED) is 0.351. The highest BCUT2D eigenvalue weighted by molar-refractivity contribution is 6.32. The number of nitrogens with zero attached hydrogens (tertiary/aromatic N) is 3. The number of aryl methyl sites for hydroxylation is 1. The van der Waals surface area contributed by atoms with Crippen molar-refractivity contribution < 1.29 is 4.79 Å². The van der Waals surface area contributed by atoms with E-state index in [2.05, 4.69) is 5.10 Å². The fourth-order valence-corrected chi connectivity index (χ4v) is 3.00. The number of hydrogen-bond donors (Lipinski definition) is 0. The molecule has 4 nitrogen and oxygen atoms in total. The number of ketones is 1. The SMILES string of the molecule is Cc1nn(-c2cccc(Cl)c2)c(Cl)c1C=C(C#N)C(=O)c1ccccc1. The van der Waals surface area contributed by atoms with Gasteiger partial charge in [0.25, 0.3) is 0 Å². The van der Waals surface area contributed by atoms with Crippen LogP contribution in [0.1, 0.15) is 21.6 Å². The van der Waals surface area contributed by atoms with Gasteiger partial charge in [-0.05, 0) is 31.2 Å². The van der Waals surface area contributed by atoms with E-state index in [9.17, 15) is 10.1 Å². The summed E-state index contributed by atoms with van der Waals surface area (Å²) in [5.74, 6) is -0.362. The van der Waals surface area contributed by atoms with Crippen LogP contribution >= 0.6 is 23.2 Å². The highest BCUT2D eigenvalue weighted by Crippen LogP contribution is 2.27. The number of carbonyl (C=O) groups is 1. The maximum absolute atomic E-state index is 12.5. The number of hydrogen-bond acceptors (Lipinski definition) is 3. The molecule has 0 fully saturated rings. The van der Waals surface area contributed by atoms with Crippen LogP contribution in [0.3, 0.4) is 0 Å². The predicted molar refractivity (Wildman–Crippen MR) is 103 cm³/mol. The summed E-state index contributed by atoms with van der Waals surface area (Å²) in [6.45, 7) is 1.76. The number of carbonyl (C=O) groups excluding carboxylic acids is 1. The Bertz CT molecular complexity index is 1050. The van der Waals surface area contributed by atoms with Crippen molar-refractivity contribution in [1.29, 1.82) is 5.26 Å².